The van der Waals surface area contributed by atoms with E-state index in [0.717, 1.165) is 18.4 Å². The topological polar surface area (TPSA) is 71.3 Å². The van der Waals surface area contributed by atoms with E-state index in [1.54, 1.807) is 0 Å². The first kappa shape index (κ1) is 19.1. The van der Waals surface area contributed by atoms with Gasteiger partial charge in [-0.05, 0) is 37.5 Å². The number of nitrogens with one attached hydrogen (secondary N) is 1. The van der Waals surface area contributed by atoms with Gasteiger partial charge in [-0.1, -0.05) is 24.9 Å². The number of unbranched alkanes of at least 4 members (excludes halogenated alkanes) is 1. The molecule has 1 aromatic carbocycles. The van der Waals surface area contributed by atoms with Crippen LogP contribution in [0.25, 0.3) is 0 Å². The van der Waals surface area contributed by atoms with Crippen molar-refractivity contribution in [1.29, 1.82) is 5.26 Å². The van der Waals surface area contributed by atoms with Crippen molar-refractivity contribution < 1.29 is 14.3 Å². The number of hydrogen-bond acceptors (Lipinski definition) is 4. The van der Waals surface area contributed by atoms with Crippen LogP contribution in [0.2, 0.25) is 5.02 Å². The molecule has 0 atom stereocenters. The zero-order valence-electron chi connectivity index (χ0n) is 13.7. The molecule has 1 aromatic rings. The standard InChI is InChI=1S/C17H23ClN2O3/c1-3-5-10-23-17-14(18)11-13(12-15(17)22-4-2)7-9-20-16(21)6-8-19/h11-12H,3-7,9-10H2,1-2H3,(H,20,21). The molecule has 0 unspecified atom stereocenters. The third kappa shape index (κ3) is 6.79. The van der Waals surface area contributed by atoms with Crippen molar-refractivity contribution in [1.82, 2.24) is 5.32 Å². The van der Waals surface area contributed by atoms with Gasteiger partial charge in [0, 0.05) is 6.54 Å². The van der Waals surface area contributed by atoms with Crippen molar-refractivity contribution in [3.8, 4) is 17.6 Å². The lowest BCUT2D eigenvalue weighted by atomic mass is 10.1. The second-order valence-electron chi connectivity index (χ2n) is 4.97. The maximum absolute atomic E-state index is 11.3. The first-order valence-electron chi connectivity index (χ1n) is 7.84. The summed E-state index contributed by atoms with van der Waals surface area (Å²) in [7, 11) is 0. The van der Waals surface area contributed by atoms with E-state index in [0.29, 0.717) is 42.7 Å². The Kier molecular flexibility index (Phi) is 8.93. The zero-order chi connectivity index (χ0) is 17.1. The number of nitrogens with zero attached hydrogens (tertiary/aromatic N) is 1. The van der Waals surface area contributed by atoms with Crippen LogP contribution in [-0.4, -0.2) is 25.7 Å². The Morgan fingerprint density at radius 3 is 2.78 bits per heavy atom. The van der Waals surface area contributed by atoms with Crippen LogP contribution in [0.15, 0.2) is 12.1 Å². The Bertz CT molecular complexity index is 556. The number of hydrogen-bond donors (Lipinski definition) is 1. The van der Waals surface area contributed by atoms with Crippen molar-refractivity contribution in [2.45, 2.75) is 39.5 Å². The fourth-order valence-electron chi connectivity index (χ4n) is 1.97. The lowest BCUT2D eigenvalue weighted by Gasteiger charge is -2.15. The summed E-state index contributed by atoms with van der Waals surface area (Å²) in [6.07, 6.45) is 2.47. The van der Waals surface area contributed by atoms with Crippen molar-refractivity contribution in [3.05, 3.63) is 22.7 Å². The highest BCUT2D eigenvalue weighted by atomic mass is 35.5. The Morgan fingerprint density at radius 2 is 2.13 bits per heavy atom. The number of halogens is 1. The minimum Gasteiger partial charge on any atom is -0.490 e. The molecule has 1 N–H and O–H groups in total. The second-order valence-corrected chi connectivity index (χ2v) is 5.38. The van der Waals surface area contributed by atoms with E-state index in [-0.39, 0.29) is 12.3 Å². The van der Waals surface area contributed by atoms with Gasteiger partial charge in [0.25, 0.3) is 0 Å². The molecule has 0 heterocycles. The predicted octanol–water partition coefficient (Wildman–Crippen LogP) is 3.49. The molecule has 0 saturated heterocycles. The molecule has 0 radical (unpaired) electrons. The molecule has 1 rings (SSSR count). The quantitative estimate of drug-likeness (QED) is 0.663. The smallest absolute Gasteiger partial charge is 0.234 e. The number of nitriles is 1. The molecule has 1 amide bonds. The molecule has 0 aliphatic carbocycles. The number of carbonyl (C=O) groups is 1. The Balaban J connectivity index is 2.74. The molecule has 5 nitrogen and oxygen atoms in total. The number of amides is 1. The lowest BCUT2D eigenvalue weighted by molar-refractivity contribution is -0.120. The van der Waals surface area contributed by atoms with Gasteiger partial charge in [0.1, 0.15) is 6.42 Å². The predicted molar refractivity (Wildman–Crippen MR) is 90.0 cm³/mol. The first-order valence-corrected chi connectivity index (χ1v) is 8.21. The summed E-state index contributed by atoms with van der Waals surface area (Å²) >= 11 is 6.31. The van der Waals surface area contributed by atoms with Gasteiger partial charge in [-0.2, -0.15) is 5.26 Å². The number of ether oxygens (including phenoxy) is 2. The molecule has 0 aliphatic rings. The van der Waals surface area contributed by atoms with Crippen molar-refractivity contribution in [2.24, 2.45) is 0 Å². The average Bonchev–Trinajstić information content (AvgIpc) is 2.50. The minimum atomic E-state index is -0.275. The summed E-state index contributed by atoms with van der Waals surface area (Å²) in [6, 6.07) is 5.52. The first-order chi connectivity index (χ1) is 11.1. The summed E-state index contributed by atoms with van der Waals surface area (Å²) in [5.41, 5.74) is 0.943. The van der Waals surface area contributed by atoms with Crippen molar-refractivity contribution in [2.75, 3.05) is 19.8 Å². The van der Waals surface area contributed by atoms with E-state index in [1.807, 2.05) is 25.1 Å². The van der Waals surface area contributed by atoms with Crippen LogP contribution in [-0.2, 0) is 11.2 Å². The summed E-state index contributed by atoms with van der Waals surface area (Å²) < 4.78 is 11.3. The monoisotopic (exact) mass is 338 g/mol. The highest BCUT2D eigenvalue weighted by Crippen LogP contribution is 2.37. The van der Waals surface area contributed by atoms with E-state index in [4.69, 9.17) is 26.3 Å². The third-order valence-electron chi connectivity index (χ3n) is 3.09. The van der Waals surface area contributed by atoms with Gasteiger partial charge in [0.15, 0.2) is 11.5 Å². The molecule has 6 heteroatoms. The summed E-state index contributed by atoms with van der Waals surface area (Å²) in [6.45, 7) is 5.55. The van der Waals surface area contributed by atoms with Crippen LogP contribution in [0.3, 0.4) is 0 Å². The fourth-order valence-corrected chi connectivity index (χ4v) is 2.26. The van der Waals surface area contributed by atoms with Gasteiger partial charge in [0.05, 0.1) is 24.3 Å². The molecule has 23 heavy (non-hydrogen) atoms. The van der Waals surface area contributed by atoms with E-state index in [1.165, 1.54) is 0 Å². The van der Waals surface area contributed by atoms with Crippen LogP contribution in [0.1, 0.15) is 38.7 Å². The normalized spacial score (nSPS) is 10.0. The number of carbonyl (C=O) groups excluding carboxylic acids is 1. The average molecular weight is 339 g/mol. The Hall–Kier alpha value is -1.93. The zero-order valence-corrected chi connectivity index (χ0v) is 14.4. The SMILES string of the molecule is CCCCOc1c(Cl)cc(CCNC(=O)CC#N)cc1OCC. The van der Waals surface area contributed by atoms with Gasteiger partial charge in [-0.3, -0.25) is 4.79 Å². The second kappa shape index (κ2) is 10.7. The fraction of sp³-hybridized carbons (Fsp3) is 0.529. The van der Waals surface area contributed by atoms with Crippen LogP contribution in [0.4, 0.5) is 0 Å². The highest BCUT2D eigenvalue weighted by molar-refractivity contribution is 6.32. The Morgan fingerprint density at radius 1 is 1.35 bits per heavy atom. The van der Waals surface area contributed by atoms with Crippen LogP contribution >= 0.6 is 11.6 Å². The van der Waals surface area contributed by atoms with Gasteiger partial charge < -0.3 is 14.8 Å². The summed E-state index contributed by atoms with van der Waals surface area (Å²) in [4.78, 5) is 11.3. The summed E-state index contributed by atoms with van der Waals surface area (Å²) in [5.74, 6) is 0.914. The molecule has 0 aliphatic heterocycles. The van der Waals surface area contributed by atoms with Gasteiger partial charge in [-0.25, -0.2) is 0 Å². The summed E-state index contributed by atoms with van der Waals surface area (Å²) in [5, 5.41) is 11.6. The van der Waals surface area contributed by atoms with Gasteiger partial charge in [-0.15, -0.1) is 0 Å². The van der Waals surface area contributed by atoms with Gasteiger partial charge in [0.2, 0.25) is 5.91 Å². The van der Waals surface area contributed by atoms with E-state index < -0.39 is 0 Å². The van der Waals surface area contributed by atoms with Gasteiger partial charge >= 0.3 is 0 Å². The van der Waals surface area contributed by atoms with Crippen molar-refractivity contribution >= 4 is 17.5 Å². The van der Waals surface area contributed by atoms with E-state index >= 15 is 0 Å². The van der Waals surface area contributed by atoms with E-state index in [2.05, 4.69) is 12.2 Å². The number of benzene rings is 1. The molecular weight excluding hydrogens is 316 g/mol. The molecule has 0 saturated carbocycles. The maximum atomic E-state index is 11.3. The molecular formula is C17H23ClN2O3. The van der Waals surface area contributed by atoms with Crippen LogP contribution in [0, 0.1) is 11.3 Å². The molecule has 0 aromatic heterocycles. The largest absolute Gasteiger partial charge is 0.490 e. The number of rotatable bonds is 10. The third-order valence-corrected chi connectivity index (χ3v) is 3.37. The molecule has 0 fully saturated rings. The van der Waals surface area contributed by atoms with Crippen LogP contribution < -0.4 is 14.8 Å². The van der Waals surface area contributed by atoms with E-state index in [9.17, 15) is 4.79 Å². The van der Waals surface area contributed by atoms with Crippen molar-refractivity contribution in [3.63, 3.8) is 0 Å². The molecule has 126 valence electrons. The Labute approximate surface area is 142 Å². The minimum absolute atomic E-state index is 0.130. The molecule has 0 bridgehead atoms. The molecule has 0 spiro atoms. The highest BCUT2D eigenvalue weighted by Gasteiger charge is 2.12. The van der Waals surface area contributed by atoms with Crippen LogP contribution in [0.5, 0.6) is 11.5 Å². The lowest BCUT2D eigenvalue weighted by Crippen LogP contribution is -2.24. The maximum Gasteiger partial charge on any atom is 0.234 e.